The van der Waals surface area contributed by atoms with Gasteiger partial charge in [-0.1, -0.05) is 19.3 Å². The average Bonchev–Trinajstić information content (AvgIpc) is 2.90. The Balaban J connectivity index is 1.99. The minimum atomic E-state index is -0.171. The van der Waals surface area contributed by atoms with Gasteiger partial charge in [0.15, 0.2) is 0 Å². The molecule has 1 heterocycles. The van der Waals surface area contributed by atoms with Crippen LogP contribution < -0.4 is 10.4 Å². The van der Waals surface area contributed by atoms with Crippen LogP contribution in [0.5, 0.6) is 5.75 Å². The molecule has 0 atom stereocenters. The van der Waals surface area contributed by atoms with Gasteiger partial charge in [-0.3, -0.25) is 0 Å². The van der Waals surface area contributed by atoms with Crippen molar-refractivity contribution >= 4 is 0 Å². The van der Waals surface area contributed by atoms with E-state index in [4.69, 9.17) is 4.74 Å². The van der Waals surface area contributed by atoms with Crippen molar-refractivity contribution < 1.29 is 4.74 Å². The largest absolute Gasteiger partial charge is 0.497 e. The molecule has 5 nitrogen and oxygen atoms in total. The van der Waals surface area contributed by atoms with Crippen LogP contribution in [0.2, 0.25) is 0 Å². The maximum atomic E-state index is 12.1. The number of nitrogens with one attached hydrogen (secondary N) is 1. The topological polar surface area (TPSA) is 59.9 Å². The van der Waals surface area contributed by atoms with Crippen molar-refractivity contribution in [2.45, 2.75) is 38.0 Å². The van der Waals surface area contributed by atoms with Crippen molar-refractivity contribution in [3.05, 3.63) is 40.6 Å². The van der Waals surface area contributed by atoms with Crippen molar-refractivity contribution in [3.8, 4) is 11.4 Å². The molecule has 3 rings (SSSR count). The van der Waals surface area contributed by atoms with Crippen molar-refractivity contribution in [2.75, 3.05) is 7.11 Å². The smallest absolute Gasteiger partial charge is 0.347 e. The van der Waals surface area contributed by atoms with Crippen molar-refractivity contribution in [3.63, 3.8) is 0 Å². The lowest BCUT2D eigenvalue weighted by Crippen LogP contribution is -2.19. The number of hydrogen-bond acceptors (Lipinski definition) is 3. The second-order valence-corrected chi connectivity index (χ2v) is 5.26. The molecule has 1 aliphatic rings. The first-order valence-corrected chi connectivity index (χ1v) is 7.11. The molecular formula is C15H19N3O2. The Labute approximate surface area is 117 Å². The van der Waals surface area contributed by atoms with Gasteiger partial charge in [0.25, 0.3) is 0 Å². The zero-order valence-electron chi connectivity index (χ0n) is 11.6. The summed E-state index contributed by atoms with van der Waals surface area (Å²) in [4.78, 5) is 12.1. The van der Waals surface area contributed by atoms with Gasteiger partial charge in [0.1, 0.15) is 11.6 Å². The molecule has 0 saturated heterocycles. The van der Waals surface area contributed by atoms with Gasteiger partial charge in [-0.15, -0.1) is 0 Å². The molecule has 0 bridgehead atoms. The molecule has 106 valence electrons. The van der Waals surface area contributed by atoms with Gasteiger partial charge in [0.05, 0.1) is 12.8 Å². The summed E-state index contributed by atoms with van der Waals surface area (Å²) in [6, 6.07) is 7.50. The third-order valence-electron chi connectivity index (χ3n) is 4.00. The zero-order chi connectivity index (χ0) is 13.9. The second kappa shape index (κ2) is 5.53. The highest BCUT2D eigenvalue weighted by Crippen LogP contribution is 2.31. The van der Waals surface area contributed by atoms with E-state index in [1.165, 1.54) is 19.3 Å². The first-order chi connectivity index (χ1) is 9.79. The number of aromatic nitrogens is 3. The highest BCUT2D eigenvalue weighted by Gasteiger charge is 2.22. The van der Waals surface area contributed by atoms with Crippen molar-refractivity contribution in [1.29, 1.82) is 0 Å². The third-order valence-corrected chi connectivity index (χ3v) is 4.00. The Morgan fingerprint density at radius 2 is 1.90 bits per heavy atom. The molecular weight excluding hydrogens is 254 g/mol. The Morgan fingerprint density at radius 3 is 2.55 bits per heavy atom. The number of ether oxygens (including phenoxy) is 1. The minimum absolute atomic E-state index is 0.171. The van der Waals surface area contributed by atoms with E-state index in [1.807, 2.05) is 24.3 Å². The molecule has 5 heteroatoms. The van der Waals surface area contributed by atoms with Gasteiger partial charge >= 0.3 is 5.69 Å². The van der Waals surface area contributed by atoms with E-state index in [0.717, 1.165) is 30.1 Å². The highest BCUT2D eigenvalue weighted by molar-refractivity contribution is 5.38. The first kappa shape index (κ1) is 13.0. The van der Waals surface area contributed by atoms with Gasteiger partial charge in [0.2, 0.25) is 0 Å². The quantitative estimate of drug-likeness (QED) is 0.935. The van der Waals surface area contributed by atoms with Crippen LogP contribution in [0, 0.1) is 0 Å². The Morgan fingerprint density at radius 1 is 1.20 bits per heavy atom. The summed E-state index contributed by atoms with van der Waals surface area (Å²) in [6.07, 6.45) is 5.94. The molecule has 1 fully saturated rings. The Kier molecular flexibility index (Phi) is 3.58. The van der Waals surface area contributed by atoms with E-state index >= 15 is 0 Å². The molecule has 1 aliphatic carbocycles. The standard InChI is InChI=1S/C15H19N3O2/c1-20-13-9-7-12(8-10-13)18-14(16-17-15(18)19)11-5-3-2-4-6-11/h7-11H,2-6H2,1H3,(H,17,19). The molecule has 0 aliphatic heterocycles. The van der Waals surface area contributed by atoms with Gasteiger partial charge in [0, 0.05) is 5.92 Å². The fourth-order valence-corrected chi connectivity index (χ4v) is 2.92. The lowest BCUT2D eigenvalue weighted by Gasteiger charge is -2.21. The summed E-state index contributed by atoms with van der Waals surface area (Å²) in [5.41, 5.74) is 0.667. The van der Waals surface area contributed by atoms with E-state index in [2.05, 4.69) is 10.2 Å². The number of methoxy groups -OCH3 is 1. The number of aromatic amines is 1. The van der Waals surface area contributed by atoms with Crippen LogP contribution in [0.25, 0.3) is 5.69 Å². The van der Waals surface area contributed by atoms with Crippen LogP contribution in [0.3, 0.4) is 0 Å². The van der Waals surface area contributed by atoms with Crippen molar-refractivity contribution in [2.24, 2.45) is 0 Å². The molecule has 0 amide bonds. The normalized spacial score (nSPS) is 16.2. The van der Waals surface area contributed by atoms with E-state index in [1.54, 1.807) is 11.7 Å². The van der Waals surface area contributed by atoms with Gasteiger partial charge < -0.3 is 4.74 Å². The summed E-state index contributed by atoms with van der Waals surface area (Å²) in [5, 5.41) is 6.84. The fraction of sp³-hybridized carbons (Fsp3) is 0.467. The molecule has 0 unspecified atom stereocenters. The molecule has 2 aromatic rings. The molecule has 1 N–H and O–H groups in total. The summed E-state index contributed by atoms with van der Waals surface area (Å²) in [7, 11) is 1.63. The van der Waals surface area contributed by atoms with E-state index in [0.29, 0.717) is 5.92 Å². The maximum Gasteiger partial charge on any atom is 0.347 e. The first-order valence-electron chi connectivity index (χ1n) is 7.11. The number of H-pyrrole nitrogens is 1. The predicted octanol–water partition coefficient (Wildman–Crippen LogP) is 2.62. The van der Waals surface area contributed by atoms with Crippen LogP contribution >= 0.6 is 0 Å². The number of hydrogen-bond donors (Lipinski definition) is 1. The van der Waals surface area contributed by atoms with Gasteiger partial charge in [-0.25, -0.2) is 14.5 Å². The van der Waals surface area contributed by atoms with Crippen LogP contribution in [0.15, 0.2) is 29.1 Å². The monoisotopic (exact) mass is 273 g/mol. The molecule has 1 saturated carbocycles. The summed E-state index contributed by atoms with van der Waals surface area (Å²) >= 11 is 0. The van der Waals surface area contributed by atoms with E-state index in [9.17, 15) is 4.79 Å². The molecule has 0 spiro atoms. The van der Waals surface area contributed by atoms with Crippen LogP contribution in [-0.2, 0) is 0 Å². The molecule has 1 aromatic heterocycles. The van der Waals surface area contributed by atoms with Crippen LogP contribution in [-0.4, -0.2) is 21.9 Å². The number of rotatable bonds is 3. The van der Waals surface area contributed by atoms with Crippen LogP contribution in [0.4, 0.5) is 0 Å². The maximum absolute atomic E-state index is 12.1. The van der Waals surface area contributed by atoms with E-state index in [-0.39, 0.29) is 5.69 Å². The summed E-state index contributed by atoms with van der Waals surface area (Å²) in [6.45, 7) is 0. The summed E-state index contributed by atoms with van der Waals surface area (Å²) < 4.78 is 6.84. The minimum Gasteiger partial charge on any atom is -0.497 e. The summed E-state index contributed by atoms with van der Waals surface area (Å²) in [5.74, 6) is 2.02. The van der Waals surface area contributed by atoms with E-state index < -0.39 is 0 Å². The lowest BCUT2D eigenvalue weighted by atomic mass is 9.88. The van der Waals surface area contributed by atoms with Crippen LogP contribution in [0.1, 0.15) is 43.8 Å². The Bertz CT molecular complexity index is 621. The fourth-order valence-electron chi connectivity index (χ4n) is 2.92. The average molecular weight is 273 g/mol. The molecule has 0 radical (unpaired) electrons. The highest BCUT2D eigenvalue weighted by atomic mass is 16.5. The molecule has 1 aromatic carbocycles. The lowest BCUT2D eigenvalue weighted by molar-refractivity contribution is 0.414. The zero-order valence-corrected chi connectivity index (χ0v) is 11.6. The number of nitrogens with zero attached hydrogens (tertiary/aromatic N) is 2. The Hall–Kier alpha value is -2.04. The number of benzene rings is 1. The second-order valence-electron chi connectivity index (χ2n) is 5.26. The van der Waals surface area contributed by atoms with Crippen molar-refractivity contribution in [1.82, 2.24) is 14.8 Å². The SMILES string of the molecule is COc1ccc(-n2c(C3CCCCC3)n[nH]c2=O)cc1. The van der Waals surface area contributed by atoms with Gasteiger partial charge in [-0.05, 0) is 37.1 Å². The molecule has 20 heavy (non-hydrogen) atoms. The predicted molar refractivity (Wildman–Crippen MR) is 76.6 cm³/mol. The van der Waals surface area contributed by atoms with Gasteiger partial charge in [-0.2, -0.15) is 5.10 Å². The third kappa shape index (κ3) is 2.35.